The third-order valence-corrected chi connectivity index (χ3v) is 6.28. The summed E-state index contributed by atoms with van der Waals surface area (Å²) in [5, 5.41) is 3.28. The standard InChI is InChI=1S/C26H35N3O3/c1-26(2,3)25(30)28-22(21-9-4-6-12-27-21)17-20-8-5-7-13-29(20)18-19-10-11-23-24(16-19)32-15-14-31-23/h4,6,9-12,16,20,22H,5,7-8,13-15,17-18H2,1-3H3,(H,28,30)/t20-,22-/m1/s1. The number of nitrogens with zero attached hydrogens (tertiary/aromatic N) is 2. The summed E-state index contributed by atoms with van der Waals surface area (Å²) in [6.07, 6.45) is 6.19. The van der Waals surface area contributed by atoms with Crippen LogP contribution in [0, 0.1) is 5.41 Å². The molecule has 3 heterocycles. The van der Waals surface area contributed by atoms with Gasteiger partial charge < -0.3 is 14.8 Å². The third kappa shape index (κ3) is 5.60. The lowest BCUT2D eigenvalue weighted by Crippen LogP contribution is -2.44. The van der Waals surface area contributed by atoms with Crippen LogP contribution in [0.1, 0.15) is 63.8 Å². The molecule has 2 aliphatic heterocycles. The largest absolute Gasteiger partial charge is 0.486 e. The van der Waals surface area contributed by atoms with Crippen LogP contribution in [0.25, 0.3) is 0 Å². The summed E-state index contributed by atoms with van der Waals surface area (Å²) >= 11 is 0. The summed E-state index contributed by atoms with van der Waals surface area (Å²) in [6, 6.07) is 12.5. The average molecular weight is 438 g/mol. The van der Waals surface area contributed by atoms with Gasteiger partial charge in [0.2, 0.25) is 5.91 Å². The van der Waals surface area contributed by atoms with Crippen molar-refractivity contribution >= 4 is 5.91 Å². The Balaban J connectivity index is 1.50. The van der Waals surface area contributed by atoms with Crippen molar-refractivity contribution in [3.05, 3.63) is 53.9 Å². The predicted molar refractivity (Wildman–Crippen MR) is 125 cm³/mol. The van der Waals surface area contributed by atoms with E-state index < -0.39 is 5.41 Å². The van der Waals surface area contributed by atoms with Gasteiger partial charge in [0.1, 0.15) is 13.2 Å². The molecule has 1 aromatic heterocycles. The summed E-state index contributed by atoms with van der Waals surface area (Å²) in [6.45, 7) is 8.98. The molecule has 1 N–H and O–H groups in total. The lowest BCUT2D eigenvalue weighted by molar-refractivity contribution is -0.129. The van der Waals surface area contributed by atoms with Gasteiger partial charge in [0.15, 0.2) is 11.5 Å². The van der Waals surface area contributed by atoms with E-state index in [1.807, 2.05) is 45.0 Å². The van der Waals surface area contributed by atoms with Crippen molar-refractivity contribution in [1.29, 1.82) is 0 Å². The molecule has 0 spiro atoms. The second kappa shape index (κ2) is 9.90. The fourth-order valence-corrected chi connectivity index (χ4v) is 4.44. The number of carbonyl (C=O) groups excluding carboxylic acids is 1. The highest BCUT2D eigenvalue weighted by atomic mass is 16.6. The minimum absolute atomic E-state index is 0.0577. The van der Waals surface area contributed by atoms with Gasteiger partial charge in [0.05, 0.1) is 11.7 Å². The third-order valence-electron chi connectivity index (χ3n) is 6.28. The van der Waals surface area contributed by atoms with Gasteiger partial charge in [-0.15, -0.1) is 0 Å². The van der Waals surface area contributed by atoms with Gasteiger partial charge in [-0.1, -0.05) is 39.3 Å². The van der Waals surface area contributed by atoms with Crippen molar-refractivity contribution in [3.8, 4) is 11.5 Å². The maximum atomic E-state index is 12.8. The number of carbonyl (C=O) groups is 1. The van der Waals surface area contributed by atoms with Crippen LogP contribution in [0.15, 0.2) is 42.6 Å². The van der Waals surface area contributed by atoms with E-state index in [-0.39, 0.29) is 11.9 Å². The number of hydrogen-bond donors (Lipinski definition) is 1. The first-order valence-electron chi connectivity index (χ1n) is 11.7. The molecule has 0 aliphatic carbocycles. The van der Waals surface area contributed by atoms with Gasteiger partial charge >= 0.3 is 0 Å². The molecule has 1 fully saturated rings. The zero-order valence-electron chi connectivity index (χ0n) is 19.5. The highest BCUT2D eigenvalue weighted by molar-refractivity contribution is 5.81. The first-order valence-corrected chi connectivity index (χ1v) is 11.7. The molecule has 1 aromatic carbocycles. The number of aromatic nitrogens is 1. The van der Waals surface area contributed by atoms with Crippen LogP contribution < -0.4 is 14.8 Å². The number of ether oxygens (including phenoxy) is 2. The van der Waals surface area contributed by atoms with Crippen LogP contribution in [-0.4, -0.2) is 41.6 Å². The van der Waals surface area contributed by atoms with Gasteiger partial charge in [-0.25, -0.2) is 0 Å². The second-order valence-corrected chi connectivity index (χ2v) is 9.86. The minimum atomic E-state index is -0.440. The molecule has 6 heteroatoms. The molecule has 1 saturated heterocycles. The topological polar surface area (TPSA) is 63.7 Å². The molecule has 4 rings (SSSR count). The molecule has 172 valence electrons. The van der Waals surface area contributed by atoms with Crippen molar-refractivity contribution in [2.24, 2.45) is 5.41 Å². The molecule has 2 atom stereocenters. The van der Waals surface area contributed by atoms with Crippen LogP contribution in [0.4, 0.5) is 0 Å². The van der Waals surface area contributed by atoms with Crippen LogP contribution >= 0.6 is 0 Å². The second-order valence-electron chi connectivity index (χ2n) is 9.86. The maximum absolute atomic E-state index is 12.8. The Kier molecular flexibility index (Phi) is 6.99. The molecule has 6 nitrogen and oxygen atoms in total. The molecular formula is C26H35N3O3. The molecular weight excluding hydrogens is 402 g/mol. The van der Waals surface area contributed by atoms with Crippen molar-refractivity contribution in [3.63, 3.8) is 0 Å². The van der Waals surface area contributed by atoms with Crippen molar-refractivity contribution in [2.45, 2.75) is 65.1 Å². The molecule has 2 aromatic rings. The first kappa shape index (κ1) is 22.6. The Morgan fingerprint density at radius 2 is 1.97 bits per heavy atom. The number of piperidine rings is 1. The molecule has 2 aliphatic rings. The summed E-state index contributed by atoms with van der Waals surface area (Å²) in [7, 11) is 0. The number of nitrogens with one attached hydrogen (secondary N) is 1. The maximum Gasteiger partial charge on any atom is 0.225 e. The lowest BCUT2D eigenvalue weighted by Gasteiger charge is -2.38. The Bertz CT molecular complexity index is 910. The SMILES string of the molecule is CC(C)(C)C(=O)N[C@H](C[C@H]1CCCCN1Cc1ccc2c(c1)OCCO2)c1ccccn1. The number of rotatable bonds is 6. The fraction of sp³-hybridized carbons (Fsp3) is 0.538. The minimum Gasteiger partial charge on any atom is -0.486 e. The molecule has 0 bridgehead atoms. The van der Waals surface area contributed by atoms with Gasteiger partial charge in [0, 0.05) is 24.2 Å². The molecule has 1 amide bonds. The van der Waals surface area contributed by atoms with Gasteiger partial charge in [-0.3, -0.25) is 14.7 Å². The molecule has 0 saturated carbocycles. The quantitative estimate of drug-likeness (QED) is 0.721. The predicted octanol–water partition coefficient (Wildman–Crippen LogP) is 4.50. The van der Waals surface area contributed by atoms with Crippen molar-refractivity contribution in [1.82, 2.24) is 15.2 Å². The van der Waals surface area contributed by atoms with Crippen LogP contribution in [0.2, 0.25) is 0 Å². The number of benzene rings is 1. The number of likely N-dealkylation sites (tertiary alicyclic amines) is 1. The average Bonchev–Trinajstić information content (AvgIpc) is 2.79. The monoisotopic (exact) mass is 437 g/mol. The lowest BCUT2D eigenvalue weighted by atomic mass is 9.91. The normalized spacial score (nSPS) is 19.9. The smallest absolute Gasteiger partial charge is 0.225 e. The molecule has 0 unspecified atom stereocenters. The molecule has 32 heavy (non-hydrogen) atoms. The van der Waals surface area contributed by atoms with E-state index in [1.54, 1.807) is 6.20 Å². The number of hydrogen-bond acceptors (Lipinski definition) is 5. The van der Waals surface area contributed by atoms with E-state index in [0.717, 1.165) is 43.1 Å². The van der Waals surface area contributed by atoms with E-state index in [2.05, 4.69) is 27.3 Å². The summed E-state index contributed by atoms with van der Waals surface area (Å²) in [4.78, 5) is 19.9. The molecule has 0 radical (unpaired) electrons. The van der Waals surface area contributed by atoms with Crippen molar-refractivity contribution in [2.75, 3.05) is 19.8 Å². The van der Waals surface area contributed by atoms with E-state index in [9.17, 15) is 4.79 Å². The van der Waals surface area contributed by atoms with E-state index in [0.29, 0.717) is 19.3 Å². The van der Waals surface area contributed by atoms with Gasteiger partial charge in [0.25, 0.3) is 0 Å². The first-order chi connectivity index (χ1) is 15.4. The van der Waals surface area contributed by atoms with Crippen molar-refractivity contribution < 1.29 is 14.3 Å². The Hall–Kier alpha value is -2.60. The Morgan fingerprint density at radius 1 is 1.16 bits per heavy atom. The van der Waals surface area contributed by atoms with E-state index >= 15 is 0 Å². The van der Waals surface area contributed by atoms with Crippen LogP contribution in [0.5, 0.6) is 11.5 Å². The Labute approximate surface area is 191 Å². The highest BCUT2D eigenvalue weighted by Crippen LogP contribution is 2.33. The van der Waals surface area contributed by atoms with Gasteiger partial charge in [-0.2, -0.15) is 0 Å². The number of fused-ring (bicyclic) bond motifs is 1. The summed E-state index contributed by atoms with van der Waals surface area (Å²) in [5.41, 5.74) is 1.72. The van der Waals surface area contributed by atoms with E-state index in [4.69, 9.17) is 9.47 Å². The summed E-state index contributed by atoms with van der Waals surface area (Å²) < 4.78 is 11.4. The van der Waals surface area contributed by atoms with Crippen LogP contribution in [-0.2, 0) is 11.3 Å². The van der Waals surface area contributed by atoms with Crippen LogP contribution in [0.3, 0.4) is 0 Å². The summed E-state index contributed by atoms with van der Waals surface area (Å²) in [5.74, 6) is 1.73. The fourth-order valence-electron chi connectivity index (χ4n) is 4.44. The van der Waals surface area contributed by atoms with Gasteiger partial charge in [-0.05, 0) is 55.6 Å². The number of pyridine rings is 1. The zero-order valence-corrected chi connectivity index (χ0v) is 19.5. The number of amides is 1. The Morgan fingerprint density at radius 3 is 2.72 bits per heavy atom. The van der Waals surface area contributed by atoms with E-state index in [1.165, 1.54) is 18.4 Å². The zero-order chi connectivity index (χ0) is 22.6. The highest BCUT2D eigenvalue weighted by Gasteiger charge is 2.30.